The third-order valence-electron chi connectivity index (χ3n) is 2.46. The lowest BCUT2D eigenvalue weighted by Crippen LogP contribution is -2.19. The number of anilines is 1. The van der Waals surface area contributed by atoms with Crippen molar-refractivity contribution < 1.29 is 4.79 Å². The largest absolute Gasteiger partial charge is 0.333 e. The van der Waals surface area contributed by atoms with Gasteiger partial charge in [-0.15, -0.1) is 0 Å². The number of aromatic nitrogens is 4. The number of fused-ring (bicyclic) bond motifs is 1. The molecule has 0 aliphatic rings. The summed E-state index contributed by atoms with van der Waals surface area (Å²) >= 11 is 2.10. The van der Waals surface area contributed by atoms with Crippen LogP contribution in [0.15, 0.2) is 43.0 Å². The molecule has 0 aliphatic heterocycles. The fourth-order valence-electron chi connectivity index (χ4n) is 1.61. The minimum atomic E-state index is -0.291. The highest BCUT2D eigenvalue weighted by Gasteiger charge is 2.11. The van der Waals surface area contributed by atoms with E-state index in [1.165, 1.54) is 10.9 Å². The molecule has 0 spiro atoms. The van der Waals surface area contributed by atoms with E-state index in [0.29, 0.717) is 5.95 Å². The molecule has 2 aromatic heterocycles. The Morgan fingerprint density at radius 1 is 1.33 bits per heavy atom. The van der Waals surface area contributed by atoms with Gasteiger partial charge in [0.05, 0.1) is 33.9 Å². The first-order valence-corrected chi connectivity index (χ1v) is 6.15. The summed E-state index contributed by atoms with van der Waals surface area (Å²) in [5.74, 6) is 0.496. The molecule has 0 unspecified atom stereocenters. The van der Waals surface area contributed by atoms with E-state index in [4.69, 9.17) is 0 Å². The number of nitrogens with one attached hydrogen (secondary N) is 1. The Morgan fingerprint density at radius 2 is 2.17 bits per heavy atom. The Hall–Kier alpha value is -1.90. The van der Waals surface area contributed by atoms with E-state index in [2.05, 4.69) is 38.1 Å². The summed E-state index contributed by atoms with van der Waals surface area (Å²) in [6.07, 6.45) is 4.57. The molecule has 0 atom stereocenters. The van der Waals surface area contributed by atoms with Crippen LogP contribution in [0.4, 0.5) is 10.7 Å². The van der Waals surface area contributed by atoms with Crippen LogP contribution in [-0.2, 0) is 0 Å². The van der Waals surface area contributed by atoms with Gasteiger partial charge in [-0.25, -0.2) is 17.5 Å². The molecular formula is C11H8IN5O. The molecule has 0 bridgehead atoms. The molecule has 18 heavy (non-hydrogen) atoms. The van der Waals surface area contributed by atoms with Gasteiger partial charge < -0.3 is 0 Å². The van der Waals surface area contributed by atoms with E-state index in [0.717, 1.165) is 11.0 Å². The predicted molar refractivity (Wildman–Crippen MR) is 75.8 cm³/mol. The Bertz CT molecular complexity index is 703. The van der Waals surface area contributed by atoms with E-state index >= 15 is 0 Å². The van der Waals surface area contributed by atoms with Crippen LogP contribution in [0, 0.1) is 0 Å². The van der Waals surface area contributed by atoms with Crippen LogP contribution in [0.2, 0.25) is 0 Å². The fourth-order valence-corrected chi connectivity index (χ4v) is 2.25. The molecular weight excluding hydrogens is 345 g/mol. The molecule has 6 nitrogen and oxygen atoms in total. The topological polar surface area (TPSA) is 64.7 Å². The zero-order valence-corrected chi connectivity index (χ0v) is 11.3. The maximum atomic E-state index is 11.9. The van der Waals surface area contributed by atoms with E-state index in [1.807, 2.05) is 27.0 Å². The maximum absolute atomic E-state index is 11.9. The number of rotatable bonds is 1. The number of imidazole rings is 2. The number of halogens is 1. The average molecular weight is 353 g/mol. The summed E-state index contributed by atoms with van der Waals surface area (Å²) in [6, 6.07) is 7.40. The van der Waals surface area contributed by atoms with Crippen molar-refractivity contribution in [2.24, 2.45) is 0 Å². The van der Waals surface area contributed by atoms with Crippen LogP contribution >= 0.6 is 22.9 Å². The van der Waals surface area contributed by atoms with Crippen molar-refractivity contribution in [3.8, 4) is 0 Å². The van der Waals surface area contributed by atoms with Gasteiger partial charge in [0.1, 0.15) is 6.33 Å². The van der Waals surface area contributed by atoms with Gasteiger partial charge in [0.25, 0.3) is 0 Å². The van der Waals surface area contributed by atoms with Crippen molar-refractivity contribution in [2.75, 3.05) is 5.32 Å². The van der Waals surface area contributed by atoms with Gasteiger partial charge in [-0.05, 0) is 12.1 Å². The van der Waals surface area contributed by atoms with Crippen molar-refractivity contribution in [3.63, 3.8) is 0 Å². The number of para-hydroxylation sites is 2. The molecule has 3 aromatic rings. The summed E-state index contributed by atoms with van der Waals surface area (Å²) in [6.45, 7) is 0. The molecule has 1 amide bonds. The van der Waals surface area contributed by atoms with Gasteiger partial charge in [-0.1, -0.05) is 12.1 Å². The number of amides is 1. The lowest BCUT2D eigenvalue weighted by Gasteiger charge is -2.03. The Morgan fingerprint density at radius 3 is 2.89 bits per heavy atom. The van der Waals surface area contributed by atoms with E-state index in [1.54, 1.807) is 12.4 Å². The smallest absolute Gasteiger partial charge is 0.276 e. The predicted octanol–water partition coefficient (Wildman–Crippen LogP) is 2.51. The lowest BCUT2D eigenvalue weighted by molar-refractivity contribution is 0.253. The van der Waals surface area contributed by atoms with Gasteiger partial charge in [0.15, 0.2) is 0 Å². The van der Waals surface area contributed by atoms with Gasteiger partial charge in [-0.3, -0.25) is 9.88 Å². The summed E-state index contributed by atoms with van der Waals surface area (Å²) in [5, 5.41) is 2.73. The number of carbonyl (C=O) groups excluding carboxylic acids is 1. The molecule has 0 saturated heterocycles. The Kier molecular flexibility index (Phi) is 2.74. The van der Waals surface area contributed by atoms with Crippen LogP contribution in [0.3, 0.4) is 0 Å². The summed E-state index contributed by atoms with van der Waals surface area (Å²) in [7, 11) is 0. The normalized spacial score (nSPS) is 10.7. The van der Waals surface area contributed by atoms with Crippen molar-refractivity contribution in [3.05, 3.63) is 43.0 Å². The van der Waals surface area contributed by atoms with Gasteiger partial charge >= 0.3 is 6.03 Å². The van der Waals surface area contributed by atoms with E-state index in [-0.39, 0.29) is 6.03 Å². The second kappa shape index (κ2) is 4.41. The first-order valence-electron chi connectivity index (χ1n) is 5.18. The average Bonchev–Trinajstić information content (AvgIpc) is 3.00. The minimum Gasteiger partial charge on any atom is -0.276 e. The van der Waals surface area contributed by atoms with Crippen molar-refractivity contribution in [1.29, 1.82) is 0 Å². The van der Waals surface area contributed by atoms with E-state index in [9.17, 15) is 4.79 Å². The van der Waals surface area contributed by atoms with Crippen LogP contribution < -0.4 is 5.32 Å². The van der Waals surface area contributed by atoms with Gasteiger partial charge in [0.2, 0.25) is 5.95 Å². The molecule has 1 aromatic carbocycles. The first kappa shape index (κ1) is 11.2. The number of hydrogen-bond donors (Lipinski definition) is 1. The number of benzene rings is 1. The minimum absolute atomic E-state index is 0.291. The second-order valence-corrected chi connectivity index (χ2v) is 4.57. The molecule has 0 aliphatic carbocycles. The molecule has 1 N–H and O–H groups in total. The standard InChI is InChI=1S/C11H8IN5O/c12-17-9-4-2-1-3-8(9)14-10(17)15-11(18)16-6-5-13-7-16/h1-7H,(H,14,15,18). The third-order valence-corrected chi connectivity index (χ3v) is 3.44. The highest BCUT2D eigenvalue weighted by molar-refractivity contribution is 14.1. The first-order chi connectivity index (χ1) is 8.75. The van der Waals surface area contributed by atoms with Crippen molar-refractivity contribution >= 4 is 45.9 Å². The summed E-state index contributed by atoms with van der Waals surface area (Å²) in [4.78, 5) is 20.0. The lowest BCUT2D eigenvalue weighted by atomic mass is 10.3. The highest BCUT2D eigenvalue weighted by Crippen LogP contribution is 2.21. The number of nitrogens with zero attached hydrogens (tertiary/aromatic N) is 4. The van der Waals surface area contributed by atoms with Gasteiger partial charge in [0, 0.05) is 12.4 Å². The van der Waals surface area contributed by atoms with E-state index < -0.39 is 0 Å². The SMILES string of the molecule is O=C(Nc1nc2ccccc2n1I)n1ccnc1. The zero-order chi connectivity index (χ0) is 12.5. The number of carbonyl (C=O) groups is 1. The van der Waals surface area contributed by atoms with Crippen LogP contribution in [0.1, 0.15) is 0 Å². The van der Waals surface area contributed by atoms with Gasteiger partial charge in [-0.2, -0.15) is 0 Å². The quantitative estimate of drug-likeness (QED) is 0.684. The maximum Gasteiger partial charge on any atom is 0.333 e. The fraction of sp³-hybridized carbons (Fsp3) is 0. The molecule has 0 radical (unpaired) electrons. The highest BCUT2D eigenvalue weighted by atomic mass is 127. The van der Waals surface area contributed by atoms with Crippen molar-refractivity contribution in [1.82, 2.24) is 17.3 Å². The van der Waals surface area contributed by atoms with Crippen LogP contribution in [0.25, 0.3) is 11.0 Å². The third kappa shape index (κ3) is 1.86. The summed E-state index contributed by atoms with van der Waals surface area (Å²) in [5.41, 5.74) is 1.80. The molecule has 7 heteroatoms. The Labute approximate surface area is 116 Å². The van der Waals surface area contributed by atoms with Crippen LogP contribution in [0.5, 0.6) is 0 Å². The monoisotopic (exact) mass is 353 g/mol. The summed E-state index contributed by atoms with van der Waals surface area (Å²) < 4.78 is 3.16. The molecule has 0 saturated carbocycles. The van der Waals surface area contributed by atoms with Crippen molar-refractivity contribution in [2.45, 2.75) is 0 Å². The molecule has 0 fully saturated rings. The molecule has 2 heterocycles. The molecule has 3 rings (SSSR count). The molecule has 90 valence electrons. The van der Waals surface area contributed by atoms with Crippen LogP contribution in [-0.4, -0.2) is 23.3 Å². The Balaban J connectivity index is 1.96. The zero-order valence-electron chi connectivity index (χ0n) is 9.12. The number of hydrogen-bond acceptors (Lipinski definition) is 3. The second-order valence-electron chi connectivity index (χ2n) is 3.61.